The molecule has 2 rings (SSSR count). The van der Waals surface area contributed by atoms with Gasteiger partial charge in [0, 0.05) is 0 Å². The Bertz CT molecular complexity index is 286. The summed E-state index contributed by atoms with van der Waals surface area (Å²) in [5.74, 6) is 0. The third-order valence-electron chi connectivity index (χ3n) is 3.00. The van der Waals surface area contributed by atoms with Crippen LogP contribution in [0, 0.1) is 6.92 Å². The van der Waals surface area contributed by atoms with E-state index in [9.17, 15) is 0 Å². The summed E-state index contributed by atoms with van der Waals surface area (Å²) in [4.78, 5) is 0. The van der Waals surface area contributed by atoms with Crippen molar-refractivity contribution in [3.63, 3.8) is 0 Å². The Morgan fingerprint density at radius 3 is 2.31 bits per heavy atom. The monoisotopic (exact) mass is 174 g/mol. The zero-order chi connectivity index (χ0) is 9.10. The number of rotatable bonds is 0. The lowest BCUT2D eigenvalue weighted by Crippen LogP contribution is -1.99. The average Bonchev–Trinajstić information content (AvgIpc) is 2.08. The largest absolute Gasteiger partial charge is 0.0590 e. The second kappa shape index (κ2) is 3.95. The molecule has 0 spiro atoms. The first-order valence-corrected chi connectivity index (χ1v) is 5.45. The van der Waals surface area contributed by atoms with Gasteiger partial charge in [0.15, 0.2) is 0 Å². The van der Waals surface area contributed by atoms with E-state index in [4.69, 9.17) is 0 Å². The first-order valence-electron chi connectivity index (χ1n) is 5.45. The van der Waals surface area contributed by atoms with Crippen LogP contribution in [0.25, 0.3) is 0 Å². The third kappa shape index (κ3) is 2.12. The molecule has 0 heteroatoms. The van der Waals surface area contributed by atoms with Gasteiger partial charge < -0.3 is 0 Å². The highest BCUT2D eigenvalue weighted by atomic mass is 14.1. The van der Waals surface area contributed by atoms with Crippen molar-refractivity contribution in [2.45, 2.75) is 45.4 Å². The van der Waals surface area contributed by atoms with Gasteiger partial charge in [-0.15, -0.1) is 0 Å². The van der Waals surface area contributed by atoms with E-state index < -0.39 is 0 Å². The molecule has 0 aliphatic heterocycles. The number of benzene rings is 1. The fourth-order valence-corrected chi connectivity index (χ4v) is 2.22. The molecule has 0 N–H and O–H groups in total. The molecule has 0 radical (unpaired) electrons. The van der Waals surface area contributed by atoms with Gasteiger partial charge in [0.05, 0.1) is 0 Å². The lowest BCUT2D eigenvalue weighted by Gasteiger charge is -2.13. The van der Waals surface area contributed by atoms with Gasteiger partial charge in [-0.1, -0.05) is 36.6 Å². The minimum atomic E-state index is 1.30. The Labute approximate surface area is 81.0 Å². The molecule has 70 valence electrons. The number of fused-ring (bicyclic) bond motifs is 1. The van der Waals surface area contributed by atoms with Crippen LogP contribution in [0.5, 0.6) is 0 Å². The first-order chi connectivity index (χ1) is 6.36. The highest BCUT2D eigenvalue weighted by Gasteiger charge is 2.05. The Hall–Kier alpha value is -0.780. The lowest BCUT2D eigenvalue weighted by molar-refractivity contribution is 0.617. The maximum absolute atomic E-state index is 2.38. The van der Waals surface area contributed by atoms with Crippen LogP contribution in [0.2, 0.25) is 0 Å². The van der Waals surface area contributed by atoms with E-state index in [0.717, 1.165) is 0 Å². The van der Waals surface area contributed by atoms with Gasteiger partial charge >= 0.3 is 0 Å². The molecule has 13 heavy (non-hydrogen) atoms. The maximum atomic E-state index is 2.38. The summed E-state index contributed by atoms with van der Waals surface area (Å²) in [5.41, 5.74) is 4.63. The molecule has 1 aliphatic carbocycles. The average molecular weight is 174 g/mol. The summed E-state index contributed by atoms with van der Waals surface area (Å²) < 4.78 is 0. The topological polar surface area (TPSA) is 0 Å². The van der Waals surface area contributed by atoms with E-state index >= 15 is 0 Å². The minimum absolute atomic E-state index is 1.30. The Balaban J connectivity index is 2.28. The second-order valence-corrected chi connectivity index (χ2v) is 4.19. The molecule has 0 fully saturated rings. The fraction of sp³-hybridized carbons (Fsp3) is 0.538. The molecule has 0 bridgehead atoms. The van der Waals surface area contributed by atoms with Crippen molar-refractivity contribution in [1.82, 2.24) is 0 Å². The Morgan fingerprint density at radius 1 is 0.846 bits per heavy atom. The van der Waals surface area contributed by atoms with Crippen LogP contribution in [0.4, 0.5) is 0 Å². The molecular formula is C13H18. The van der Waals surface area contributed by atoms with Crippen LogP contribution in [-0.4, -0.2) is 0 Å². The summed E-state index contributed by atoms with van der Waals surface area (Å²) in [7, 11) is 0. The smallest absolute Gasteiger partial charge is 0.0276 e. The van der Waals surface area contributed by atoms with E-state index in [1.54, 1.807) is 11.1 Å². The van der Waals surface area contributed by atoms with Crippen LogP contribution in [0.3, 0.4) is 0 Å². The van der Waals surface area contributed by atoms with Gasteiger partial charge in [0.1, 0.15) is 0 Å². The fourth-order valence-electron chi connectivity index (χ4n) is 2.22. The van der Waals surface area contributed by atoms with Crippen LogP contribution in [0.15, 0.2) is 18.2 Å². The first kappa shape index (κ1) is 8.80. The SMILES string of the molecule is Cc1ccc2c(c1)CCCCCC2. The van der Waals surface area contributed by atoms with Gasteiger partial charge in [0.2, 0.25) is 0 Å². The molecule has 1 aromatic carbocycles. The third-order valence-corrected chi connectivity index (χ3v) is 3.00. The highest BCUT2D eigenvalue weighted by molar-refractivity contribution is 5.32. The highest BCUT2D eigenvalue weighted by Crippen LogP contribution is 2.20. The molecule has 0 atom stereocenters. The Morgan fingerprint density at radius 2 is 1.54 bits per heavy atom. The van der Waals surface area contributed by atoms with Gasteiger partial charge in [-0.2, -0.15) is 0 Å². The molecular weight excluding hydrogens is 156 g/mol. The van der Waals surface area contributed by atoms with E-state index in [1.165, 1.54) is 44.1 Å². The lowest BCUT2D eigenvalue weighted by atomic mass is 9.92. The molecule has 0 heterocycles. The van der Waals surface area contributed by atoms with E-state index in [2.05, 4.69) is 25.1 Å². The minimum Gasteiger partial charge on any atom is -0.0590 e. The van der Waals surface area contributed by atoms with Crippen molar-refractivity contribution >= 4 is 0 Å². The summed E-state index contributed by atoms with van der Waals surface area (Å²) in [6, 6.07) is 6.96. The molecule has 1 aromatic rings. The maximum Gasteiger partial charge on any atom is -0.0276 e. The zero-order valence-corrected chi connectivity index (χ0v) is 8.47. The van der Waals surface area contributed by atoms with E-state index in [0.29, 0.717) is 0 Å². The van der Waals surface area contributed by atoms with Gasteiger partial charge in [-0.3, -0.25) is 0 Å². The summed E-state index contributed by atoms with van der Waals surface area (Å²) in [5, 5.41) is 0. The van der Waals surface area contributed by atoms with Crippen LogP contribution >= 0.6 is 0 Å². The van der Waals surface area contributed by atoms with Gasteiger partial charge in [-0.25, -0.2) is 0 Å². The molecule has 0 saturated heterocycles. The van der Waals surface area contributed by atoms with E-state index in [1.807, 2.05) is 0 Å². The quantitative estimate of drug-likeness (QED) is 0.563. The predicted molar refractivity (Wildman–Crippen MR) is 57.1 cm³/mol. The van der Waals surface area contributed by atoms with Crippen molar-refractivity contribution in [2.75, 3.05) is 0 Å². The molecule has 0 aromatic heterocycles. The molecule has 0 nitrogen and oxygen atoms in total. The van der Waals surface area contributed by atoms with Crippen molar-refractivity contribution in [2.24, 2.45) is 0 Å². The van der Waals surface area contributed by atoms with Gasteiger partial charge in [0.25, 0.3) is 0 Å². The predicted octanol–water partition coefficient (Wildman–Crippen LogP) is 3.65. The van der Waals surface area contributed by atoms with Crippen molar-refractivity contribution in [1.29, 1.82) is 0 Å². The number of aryl methyl sites for hydroxylation is 3. The second-order valence-electron chi connectivity index (χ2n) is 4.19. The van der Waals surface area contributed by atoms with E-state index in [-0.39, 0.29) is 0 Å². The molecule has 0 unspecified atom stereocenters. The van der Waals surface area contributed by atoms with Crippen molar-refractivity contribution in [3.8, 4) is 0 Å². The summed E-state index contributed by atoms with van der Waals surface area (Å²) in [6.45, 7) is 2.19. The Kier molecular flexibility index (Phi) is 2.68. The van der Waals surface area contributed by atoms with Crippen LogP contribution < -0.4 is 0 Å². The number of hydrogen-bond acceptors (Lipinski definition) is 0. The molecule has 1 aliphatic rings. The zero-order valence-electron chi connectivity index (χ0n) is 8.47. The van der Waals surface area contributed by atoms with Crippen LogP contribution in [0.1, 0.15) is 42.4 Å². The van der Waals surface area contributed by atoms with Crippen molar-refractivity contribution in [3.05, 3.63) is 34.9 Å². The number of hydrogen-bond donors (Lipinski definition) is 0. The van der Waals surface area contributed by atoms with Crippen molar-refractivity contribution < 1.29 is 0 Å². The summed E-state index contributed by atoms with van der Waals surface area (Å²) in [6.07, 6.45) is 8.22. The summed E-state index contributed by atoms with van der Waals surface area (Å²) >= 11 is 0. The molecule has 0 amide bonds. The van der Waals surface area contributed by atoms with Gasteiger partial charge in [-0.05, 0) is 43.7 Å². The molecule has 0 saturated carbocycles. The van der Waals surface area contributed by atoms with Crippen LogP contribution in [-0.2, 0) is 12.8 Å². The normalized spacial score (nSPS) is 17.3. The standard InChI is InChI=1S/C13H18/c1-11-8-9-12-6-4-2-3-5-7-13(12)10-11/h8-10H,2-7H2,1H3.